The molecule has 0 bridgehead atoms. The summed E-state index contributed by atoms with van der Waals surface area (Å²) in [6.07, 6.45) is 3.22. The van der Waals surface area contributed by atoms with Crippen LogP contribution in [0.3, 0.4) is 0 Å². The zero-order valence-electron chi connectivity index (χ0n) is 19.2. The van der Waals surface area contributed by atoms with E-state index in [0.717, 1.165) is 25.8 Å². The molecule has 0 saturated heterocycles. The van der Waals surface area contributed by atoms with Gasteiger partial charge in [-0.25, -0.2) is 4.79 Å². The number of likely N-dealkylation sites (N-methyl/N-ethyl adjacent to an activating group) is 1. The number of aromatic carboxylic acids is 1. The van der Waals surface area contributed by atoms with Gasteiger partial charge in [0.2, 0.25) is 0 Å². The SMILES string of the molecule is CCNC1CCc2c(c3cc(C(=O)O)ccc3n2[Si](C(C)C)(C(C)C)C(C)C)C1. The number of benzene rings is 1. The Bertz CT molecular complexity index is 876. The summed E-state index contributed by atoms with van der Waals surface area (Å²) in [6.45, 7) is 17.6. The number of carboxylic acids is 1. The summed E-state index contributed by atoms with van der Waals surface area (Å²) < 4.78 is 2.77. The fraction of sp³-hybridized carbons (Fsp3) is 0.625. The summed E-state index contributed by atoms with van der Waals surface area (Å²) in [7, 11) is -1.93. The Kier molecular flexibility index (Phi) is 6.30. The maximum absolute atomic E-state index is 11.7. The number of hydrogen-bond acceptors (Lipinski definition) is 2. The highest BCUT2D eigenvalue weighted by Gasteiger charge is 2.47. The van der Waals surface area contributed by atoms with Crippen molar-refractivity contribution < 1.29 is 9.90 Å². The first-order valence-corrected chi connectivity index (χ1v) is 13.5. The Morgan fingerprint density at radius 3 is 2.31 bits per heavy atom. The average molecular weight is 415 g/mol. The van der Waals surface area contributed by atoms with E-state index in [2.05, 4.69) is 64.1 Å². The van der Waals surface area contributed by atoms with Gasteiger partial charge < -0.3 is 14.7 Å². The van der Waals surface area contributed by atoms with Crippen LogP contribution in [0.2, 0.25) is 16.6 Å². The predicted octanol–water partition coefficient (Wildman–Crippen LogP) is 5.83. The standard InChI is InChI=1S/C24H38N2O2Si/c1-8-25-19-10-12-23-21(14-19)20-13-18(24(27)28)9-11-22(20)26(23)29(15(2)3,16(4)5)17(6)7/h9,11,13,15-17,19,25H,8,10,12,14H2,1-7H3,(H,27,28). The van der Waals surface area contributed by atoms with Crippen molar-refractivity contribution in [2.24, 2.45) is 0 Å². The molecule has 1 aromatic carbocycles. The zero-order chi connectivity index (χ0) is 21.5. The largest absolute Gasteiger partial charge is 0.478 e. The number of hydrogen-bond donors (Lipinski definition) is 2. The van der Waals surface area contributed by atoms with Gasteiger partial charge in [0.1, 0.15) is 0 Å². The molecule has 2 N–H and O–H groups in total. The van der Waals surface area contributed by atoms with E-state index < -0.39 is 14.2 Å². The molecule has 0 aliphatic heterocycles. The minimum atomic E-state index is -1.93. The summed E-state index contributed by atoms with van der Waals surface area (Å²) in [6, 6.07) is 6.30. The third-order valence-corrected chi connectivity index (χ3v) is 14.1. The van der Waals surface area contributed by atoms with Crippen molar-refractivity contribution in [3.8, 4) is 0 Å². The van der Waals surface area contributed by atoms with Crippen molar-refractivity contribution in [2.75, 3.05) is 6.54 Å². The molecule has 4 nitrogen and oxygen atoms in total. The molecule has 1 aliphatic carbocycles. The lowest BCUT2D eigenvalue weighted by atomic mass is 9.91. The van der Waals surface area contributed by atoms with Gasteiger partial charge in [0.05, 0.1) is 5.56 Å². The molecule has 2 aromatic rings. The van der Waals surface area contributed by atoms with Gasteiger partial charge in [0.25, 0.3) is 0 Å². The molecule has 1 unspecified atom stereocenters. The molecular weight excluding hydrogens is 376 g/mol. The van der Waals surface area contributed by atoms with Gasteiger partial charge in [-0.3, -0.25) is 0 Å². The van der Waals surface area contributed by atoms with Crippen molar-refractivity contribution in [2.45, 2.75) is 90.4 Å². The molecule has 29 heavy (non-hydrogen) atoms. The van der Waals surface area contributed by atoms with E-state index in [9.17, 15) is 9.90 Å². The first-order chi connectivity index (χ1) is 13.7. The second-order valence-corrected chi connectivity index (χ2v) is 15.3. The second kappa shape index (κ2) is 8.27. The van der Waals surface area contributed by atoms with Gasteiger partial charge in [-0.15, -0.1) is 0 Å². The number of nitrogens with one attached hydrogen (secondary N) is 1. The fourth-order valence-corrected chi connectivity index (χ4v) is 13.2. The van der Waals surface area contributed by atoms with E-state index >= 15 is 0 Å². The molecule has 5 heteroatoms. The van der Waals surface area contributed by atoms with Crippen molar-refractivity contribution in [1.29, 1.82) is 0 Å². The first-order valence-electron chi connectivity index (χ1n) is 11.3. The van der Waals surface area contributed by atoms with Gasteiger partial charge in [-0.05, 0) is 66.2 Å². The van der Waals surface area contributed by atoms with E-state index in [1.54, 1.807) is 6.07 Å². The van der Waals surface area contributed by atoms with E-state index in [1.165, 1.54) is 22.2 Å². The minimum Gasteiger partial charge on any atom is -0.478 e. The highest BCUT2D eigenvalue weighted by Crippen LogP contribution is 2.47. The highest BCUT2D eigenvalue weighted by atomic mass is 28.3. The van der Waals surface area contributed by atoms with Crippen LogP contribution in [0.4, 0.5) is 0 Å². The number of aromatic nitrogens is 1. The third kappa shape index (κ3) is 3.46. The molecular formula is C24H38N2O2Si. The Morgan fingerprint density at radius 1 is 1.17 bits per heavy atom. The molecule has 1 aliphatic rings. The Balaban J connectivity index is 2.37. The van der Waals surface area contributed by atoms with Gasteiger partial charge in [0.15, 0.2) is 8.24 Å². The third-order valence-electron chi connectivity index (χ3n) is 7.26. The molecule has 0 saturated carbocycles. The lowest BCUT2D eigenvalue weighted by molar-refractivity contribution is 0.0697. The van der Waals surface area contributed by atoms with Gasteiger partial charge in [-0.1, -0.05) is 48.5 Å². The molecule has 1 atom stereocenters. The molecule has 3 rings (SSSR count). The van der Waals surface area contributed by atoms with Crippen molar-refractivity contribution in [3.05, 3.63) is 35.0 Å². The normalized spacial score (nSPS) is 17.5. The van der Waals surface area contributed by atoms with Crippen molar-refractivity contribution >= 4 is 25.1 Å². The Hall–Kier alpha value is -1.59. The van der Waals surface area contributed by atoms with Gasteiger partial charge >= 0.3 is 5.97 Å². The zero-order valence-corrected chi connectivity index (χ0v) is 20.2. The molecule has 1 aromatic heterocycles. The van der Waals surface area contributed by atoms with Crippen LogP contribution in [0.15, 0.2) is 18.2 Å². The number of carbonyl (C=O) groups is 1. The minimum absolute atomic E-state index is 0.397. The van der Waals surface area contributed by atoms with Crippen LogP contribution in [0.25, 0.3) is 10.9 Å². The lowest BCUT2D eigenvalue weighted by Gasteiger charge is -2.46. The maximum atomic E-state index is 11.7. The van der Waals surface area contributed by atoms with E-state index in [0.29, 0.717) is 28.2 Å². The number of carboxylic acid groups (broad SMARTS) is 1. The summed E-state index contributed by atoms with van der Waals surface area (Å²) in [4.78, 5) is 11.7. The van der Waals surface area contributed by atoms with Crippen LogP contribution in [-0.2, 0) is 12.8 Å². The number of nitrogens with zero attached hydrogens (tertiary/aromatic N) is 1. The van der Waals surface area contributed by atoms with Crippen LogP contribution in [-0.4, -0.2) is 36.1 Å². The maximum Gasteiger partial charge on any atom is 0.335 e. The smallest absolute Gasteiger partial charge is 0.335 e. The monoisotopic (exact) mass is 414 g/mol. The quantitative estimate of drug-likeness (QED) is 0.560. The van der Waals surface area contributed by atoms with Crippen molar-refractivity contribution in [1.82, 2.24) is 9.55 Å². The van der Waals surface area contributed by atoms with E-state index in [4.69, 9.17) is 0 Å². The van der Waals surface area contributed by atoms with Gasteiger partial charge in [0, 0.05) is 22.6 Å². The summed E-state index contributed by atoms with van der Waals surface area (Å²) >= 11 is 0. The van der Waals surface area contributed by atoms with Crippen LogP contribution >= 0.6 is 0 Å². The van der Waals surface area contributed by atoms with Crippen LogP contribution < -0.4 is 5.32 Å². The van der Waals surface area contributed by atoms with E-state index in [-0.39, 0.29) is 0 Å². The Labute approximate surface area is 176 Å². The average Bonchev–Trinajstić information content (AvgIpc) is 2.95. The Morgan fingerprint density at radius 2 is 1.79 bits per heavy atom. The molecule has 0 radical (unpaired) electrons. The molecule has 0 spiro atoms. The van der Waals surface area contributed by atoms with Crippen LogP contribution in [0.1, 0.15) is 76.5 Å². The fourth-order valence-electron chi connectivity index (χ4n) is 6.37. The second-order valence-electron chi connectivity index (χ2n) is 9.65. The summed E-state index contributed by atoms with van der Waals surface area (Å²) in [5, 5.41) is 14.4. The lowest BCUT2D eigenvalue weighted by Crippen LogP contribution is -2.53. The van der Waals surface area contributed by atoms with Crippen LogP contribution in [0, 0.1) is 0 Å². The highest BCUT2D eigenvalue weighted by molar-refractivity contribution is 6.82. The molecule has 1 heterocycles. The number of rotatable bonds is 7. The molecule has 0 fully saturated rings. The van der Waals surface area contributed by atoms with Crippen LogP contribution in [0.5, 0.6) is 0 Å². The molecule has 160 valence electrons. The molecule has 0 amide bonds. The van der Waals surface area contributed by atoms with Gasteiger partial charge in [-0.2, -0.15) is 0 Å². The first kappa shape index (κ1) is 22.1. The van der Waals surface area contributed by atoms with Crippen molar-refractivity contribution in [3.63, 3.8) is 0 Å². The summed E-state index contributed by atoms with van der Waals surface area (Å²) in [5.74, 6) is -0.840. The topological polar surface area (TPSA) is 54.3 Å². The number of fused-ring (bicyclic) bond motifs is 3. The predicted molar refractivity (Wildman–Crippen MR) is 125 cm³/mol. The summed E-state index contributed by atoms with van der Waals surface area (Å²) in [5.41, 5.74) is 6.35. The van der Waals surface area contributed by atoms with E-state index in [1.807, 2.05) is 6.07 Å².